The van der Waals surface area contributed by atoms with Gasteiger partial charge < -0.3 is 30.6 Å². The summed E-state index contributed by atoms with van der Waals surface area (Å²) in [6.45, 7) is 4.09. The maximum absolute atomic E-state index is 13.2. The van der Waals surface area contributed by atoms with E-state index in [-0.39, 0.29) is 28.1 Å². The van der Waals surface area contributed by atoms with Crippen molar-refractivity contribution in [1.29, 1.82) is 0 Å². The van der Waals surface area contributed by atoms with Crippen LogP contribution in [0.25, 0.3) is 22.0 Å². The van der Waals surface area contributed by atoms with E-state index < -0.39 is 36.0 Å². The summed E-state index contributed by atoms with van der Waals surface area (Å²) in [5.74, 6) is -0.694. The predicted octanol–water partition coefficient (Wildman–Crippen LogP) is 4.12. The third-order valence-electron chi connectivity index (χ3n) is 9.75. The summed E-state index contributed by atoms with van der Waals surface area (Å²) in [4.78, 5) is 43.5. The molecule has 0 radical (unpaired) electrons. The second-order valence-electron chi connectivity index (χ2n) is 13.6. The van der Waals surface area contributed by atoms with Crippen molar-refractivity contribution < 1.29 is 50.5 Å². The van der Waals surface area contributed by atoms with Gasteiger partial charge in [-0.15, -0.1) is 0 Å². The van der Waals surface area contributed by atoms with Crippen molar-refractivity contribution in [1.82, 2.24) is 9.80 Å². The summed E-state index contributed by atoms with van der Waals surface area (Å²) in [5, 5.41) is 6.36. The van der Waals surface area contributed by atoms with E-state index in [2.05, 4.69) is 27.5 Å². The number of ether oxygens (including phenoxy) is 1. The molecule has 0 unspecified atom stereocenters. The van der Waals surface area contributed by atoms with E-state index in [9.17, 15) is 31.2 Å². The first kappa shape index (κ1) is 44.1. The Morgan fingerprint density at radius 1 is 0.780 bits per heavy atom. The van der Waals surface area contributed by atoms with Crippen molar-refractivity contribution in [3.63, 3.8) is 0 Å². The third kappa shape index (κ3) is 10.2. The topological polar surface area (TPSA) is 234 Å². The monoisotopic (exact) mass is 845 g/mol. The second kappa shape index (κ2) is 18.3. The lowest BCUT2D eigenvalue weighted by atomic mass is 9.99. The van der Waals surface area contributed by atoms with E-state index in [1.165, 1.54) is 31.4 Å². The molecule has 1 saturated heterocycles. The number of piperazine rings is 1. The zero-order valence-electron chi connectivity index (χ0n) is 32.2. The highest BCUT2D eigenvalue weighted by molar-refractivity contribution is 7.86. The van der Waals surface area contributed by atoms with Crippen LogP contribution in [0.5, 0.6) is 0 Å². The average Bonchev–Trinajstić information content (AvgIpc) is 3.54. The van der Waals surface area contributed by atoms with Crippen LogP contribution in [0.4, 0.5) is 17.1 Å². The molecule has 0 spiro atoms. The fourth-order valence-corrected chi connectivity index (χ4v) is 8.02. The number of rotatable bonds is 9. The number of hydrogen-bond acceptors (Lipinski definition) is 11. The minimum Gasteiger partial charge on any atom is -0.465 e. The van der Waals surface area contributed by atoms with E-state index in [1.807, 2.05) is 54.6 Å². The zero-order chi connectivity index (χ0) is 41.8. The van der Waals surface area contributed by atoms with Crippen LogP contribution < -0.4 is 15.5 Å². The number of esters is 1. The number of methoxy groups -OCH3 is 1. The van der Waals surface area contributed by atoms with Crippen LogP contribution in [0.15, 0.2) is 119 Å². The molecule has 2 amide bonds. The van der Waals surface area contributed by atoms with E-state index in [0.29, 0.717) is 34.6 Å². The number of carbonyl (C=O) groups is 3. The molecule has 5 aromatic rings. The highest BCUT2D eigenvalue weighted by Crippen LogP contribution is 2.38. The molecule has 0 aromatic heterocycles. The van der Waals surface area contributed by atoms with Gasteiger partial charge in [0.1, 0.15) is 9.79 Å². The first-order valence-corrected chi connectivity index (χ1v) is 20.8. The number of amides is 2. The van der Waals surface area contributed by atoms with E-state index in [4.69, 9.17) is 13.8 Å². The zero-order valence-corrected chi connectivity index (χ0v) is 33.9. The molecule has 7 rings (SSSR count). The maximum Gasteiger partial charge on any atom is 0.337 e. The Morgan fingerprint density at radius 3 is 1.90 bits per heavy atom. The van der Waals surface area contributed by atoms with E-state index in [1.54, 1.807) is 30.1 Å². The highest BCUT2D eigenvalue weighted by atomic mass is 32.2. The fourth-order valence-electron chi connectivity index (χ4n) is 6.61. The standard InChI is InChI=1S/C31H33N5O4.C10H8O6S2.H2O/c1-34-15-17-36(18-16-34)20-27(37)35(2)24-12-10-23(11-13-24)32-29(21-7-5-4-6-8-21)28-25-14-9-22(31(39)40-3)19-26(25)33-30(28)38;11-17(12,13)9-5-1-3-7-8(9)4-2-6-10(7)18(14,15)16;/h4-14,19,32H,15-18,20H2,1-3H3,(H,33,38);1-6H,(H,11,12,13)(H,14,15,16);1H2/b29-28-;;. The maximum atomic E-state index is 13.2. The molecule has 2 aliphatic heterocycles. The molecule has 5 aromatic carbocycles. The van der Waals surface area contributed by atoms with Gasteiger partial charge in [-0.3, -0.25) is 23.6 Å². The Bertz CT molecular complexity index is 2560. The molecule has 1 fully saturated rings. The second-order valence-corrected chi connectivity index (χ2v) is 16.4. The van der Waals surface area contributed by atoms with Gasteiger partial charge >= 0.3 is 5.97 Å². The molecular weight excluding hydrogens is 803 g/mol. The Morgan fingerprint density at radius 2 is 1.36 bits per heavy atom. The molecule has 2 heterocycles. The van der Waals surface area contributed by atoms with Crippen molar-refractivity contribution in [2.45, 2.75) is 9.79 Å². The molecule has 59 heavy (non-hydrogen) atoms. The van der Waals surface area contributed by atoms with E-state index in [0.717, 1.165) is 55.2 Å². The molecule has 2 aliphatic rings. The van der Waals surface area contributed by atoms with Crippen molar-refractivity contribution in [3.05, 3.63) is 126 Å². The Kier molecular flexibility index (Phi) is 13.7. The average molecular weight is 846 g/mol. The summed E-state index contributed by atoms with van der Waals surface area (Å²) < 4.78 is 67.5. The number of benzene rings is 5. The molecule has 6 N–H and O–H groups in total. The van der Waals surface area contributed by atoms with Gasteiger partial charge in [-0.05, 0) is 61.1 Å². The first-order chi connectivity index (χ1) is 27.5. The lowest BCUT2D eigenvalue weighted by Crippen LogP contribution is -2.48. The number of fused-ring (bicyclic) bond motifs is 2. The fraction of sp³-hybridized carbons (Fsp3) is 0.195. The normalized spacial score (nSPS) is 15.2. The van der Waals surface area contributed by atoms with Gasteiger partial charge in [0.25, 0.3) is 26.1 Å². The van der Waals surface area contributed by atoms with Gasteiger partial charge in [0.15, 0.2) is 0 Å². The molecule has 18 heteroatoms. The lowest BCUT2D eigenvalue weighted by molar-refractivity contribution is -0.119. The largest absolute Gasteiger partial charge is 0.465 e. The van der Waals surface area contributed by atoms with Crippen LogP contribution in [0.1, 0.15) is 21.5 Å². The number of anilines is 3. The Balaban J connectivity index is 0.000000292. The molecule has 0 aliphatic carbocycles. The van der Waals surface area contributed by atoms with Crippen molar-refractivity contribution in [2.75, 3.05) is 69.5 Å². The molecule has 0 saturated carbocycles. The Labute approximate surface area is 341 Å². The summed E-state index contributed by atoms with van der Waals surface area (Å²) >= 11 is 0. The van der Waals surface area contributed by atoms with Crippen LogP contribution in [0, 0.1) is 0 Å². The number of nitrogens with zero attached hydrogens (tertiary/aromatic N) is 3. The van der Waals surface area contributed by atoms with Gasteiger partial charge in [-0.2, -0.15) is 16.8 Å². The van der Waals surface area contributed by atoms with Crippen molar-refractivity contribution in [3.8, 4) is 0 Å². The number of hydrogen-bond donors (Lipinski definition) is 4. The number of likely N-dealkylation sites (N-methyl/N-ethyl adjacent to an activating group) is 2. The van der Waals surface area contributed by atoms with Gasteiger partial charge in [0.2, 0.25) is 5.91 Å². The predicted molar refractivity (Wildman–Crippen MR) is 224 cm³/mol. The van der Waals surface area contributed by atoms with Crippen LogP contribution in [-0.4, -0.2) is 113 Å². The molecule has 0 bridgehead atoms. The summed E-state index contributed by atoms with van der Waals surface area (Å²) in [6, 6.07) is 29.7. The smallest absolute Gasteiger partial charge is 0.337 e. The SMILES string of the molecule is COC(=O)c1ccc2c(c1)NC(=O)/C2=C(\Nc1ccc(N(C)C(=O)CN2CCN(C)CC2)cc1)c1ccccc1.O.O=S(=O)(O)c1cccc2c(S(=O)(=O)O)cccc12. The highest BCUT2D eigenvalue weighted by Gasteiger charge is 2.30. The molecule has 16 nitrogen and oxygen atoms in total. The molecule has 0 atom stereocenters. The summed E-state index contributed by atoms with van der Waals surface area (Å²) in [5.41, 5.74) is 5.10. The third-order valence-corrected chi connectivity index (χ3v) is 11.6. The van der Waals surface area contributed by atoms with Crippen LogP contribution in [0.3, 0.4) is 0 Å². The Hall–Kier alpha value is -5.99. The van der Waals surface area contributed by atoms with Gasteiger partial charge in [-0.1, -0.05) is 60.7 Å². The number of carbonyl (C=O) groups excluding carboxylic acids is 3. The molecule has 310 valence electrons. The van der Waals surface area contributed by atoms with Crippen LogP contribution in [-0.2, 0) is 34.6 Å². The van der Waals surface area contributed by atoms with Crippen molar-refractivity contribution >= 4 is 77.1 Å². The quantitative estimate of drug-likeness (QED) is 0.0930. The first-order valence-electron chi connectivity index (χ1n) is 17.9. The van der Waals surface area contributed by atoms with Gasteiger partial charge in [0, 0.05) is 60.9 Å². The minimum absolute atomic E-state index is 0. The molecular formula is C41H43N5O11S2. The van der Waals surface area contributed by atoms with Gasteiger partial charge in [0.05, 0.1) is 36.2 Å². The van der Waals surface area contributed by atoms with E-state index >= 15 is 0 Å². The van der Waals surface area contributed by atoms with Crippen LogP contribution >= 0.6 is 0 Å². The van der Waals surface area contributed by atoms with Crippen LogP contribution in [0.2, 0.25) is 0 Å². The lowest BCUT2D eigenvalue weighted by Gasteiger charge is -2.32. The van der Waals surface area contributed by atoms with Gasteiger partial charge in [-0.25, -0.2) is 4.79 Å². The number of nitrogens with one attached hydrogen (secondary N) is 2. The summed E-state index contributed by atoms with van der Waals surface area (Å²) in [6.07, 6.45) is 0. The summed E-state index contributed by atoms with van der Waals surface area (Å²) in [7, 11) is -3.73. The minimum atomic E-state index is -4.47. The van der Waals surface area contributed by atoms with Crippen molar-refractivity contribution in [2.24, 2.45) is 0 Å².